The molecule has 2 aromatic heterocycles. The van der Waals surface area contributed by atoms with Crippen LogP contribution < -0.4 is 11.1 Å². The molecule has 0 aliphatic carbocycles. The van der Waals surface area contributed by atoms with E-state index in [0.29, 0.717) is 6.54 Å². The van der Waals surface area contributed by atoms with Gasteiger partial charge >= 0.3 is 0 Å². The second-order valence-corrected chi connectivity index (χ2v) is 5.15. The van der Waals surface area contributed by atoms with Gasteiger partial charge in [0.1, 0.15) is 6.04 Å². The van der Waals surface area contributed by atoms with Crippen LogP contribution in [-0.2, 0) is 17.8 Å². The summed E-state index contributed by atoms with van der Waals surface area (Å²) >= 11 is 1.49. The van der Waals surface area contributed by atoms with Crippen molar-refractivity contribution in [1.82, 2.24) is 10.3 Å². The van der Waals surface area contributed by atoms with E-state index in [1.165, 1.54) is 11.3 Å². The number of rotatable bonds is 5. The molecule has 0 saturated heterocycles. The maximum atomic E-state index is 12.0. The molecule has 0 aliphatic rings. The van der Waals surface area contributed by atoms with Crippen molar-refractivity contribution in [1.29, 1.82) is 0 Å². The van der Waals surface area contributed by atoms with Crippen molar-refractivity contribution in [3.05, 3.63) is 52.0 Å². The van der Waals surface area contributed by atoms with Crippen LogP contribution in [0.4, 0.5) is 0 Å². The molecule has 2 heterocycles. The molecule has 0 radical (unpaired) electrons. The number of hydrogen-bond acceptors (Lipinski definition) is 4. The smallest absolute Gasteiger partial charge is 0.242 e. The molecule has 0 spiro atoms. The fourth-order valence-electron chi connectivity index (χ4n) is 1.83. The molecular weight excluding hydrogens is 258 g/mol. The molecule has 100 valence electrons. The first-order valence-corrected chi connectivity index (χ1v) is 7.09. The zero-order chi connectivity index (χ0) is 13.7. The predicted octanol–water partition coefficient (Wildman–Crippen LogP) is 2.02. The Morgan fingerprint density at radius 2 is 2.32 bits per heavy atom. The van der Waals surface area contributed by atoms with Crippen LogP contribution in [0.1, 0.15) is 29.1 Å². The highest BCUT2D eigenvalue weighted by Crippen LogP contribution is 2.16. The first kappa shape index (κ1) is 13.7. The standard InChI is InChI=1S/C14H17N3OS/c1-2-10-5-3-7-16-11(10)9-17-14(18)13(15)12-6-4-8-19-12/h3-8,13H,2,9,15H2,1H3,(H,17,18). The molecular formula is C14H17N3OS. The van der Waals surface area contributed by atoms with Crippen LogP contribution in [0.5, 0.6) is 0 Å². The van der Waals surface area contributed by atoms with Crippen LogP contribution in [0, 0.1) is 0 Å². The Labute approximate surface area is 116 Å². The number of aromatic nitrogens is 1. The number of thiophene rings is 1. The molecule has 1 atom stereocenters. The normalized spacial score (nSPS) is 12.1. The predicted molar refractivity (Wildman–Crippen MR) is 76.7 cm³/mol. The Hall–Kier alpha value is -1.72. The Bertz CT molecular complexity index is 539. The molecule has 0 bridgehead atoms. The van der Waals surface area contributed by atoms with E-state index in [1.807, 2.05) is 29.6 Å². The van der Waals surface area contributed by atoms with Gasteiger partial charge in [0.25, 0.3) is 0 Å². The van der Waals surface area contributed by atoms with Crippen LogP contribution >= 0.6 is 11.3 Å². The molecule has 4 nitrogen and oxygen atoms in total. The van der Waals surface area contributed by atoms with Crippen molar-refractivity contribution in [3.8, 4) is 0 Å². The Kier molecular flexibility index (Phi) is 4.65. The van der Waals surface area contributed by atoms with E-state index in [9.17, 15) is 4.79 Å². The van der Waals surface area contributed by atoms with Crippen LogP contribution in [0.3, 0.4) is 0 Å². The molecule has 1 amide bonds. The molecule has 5 heteroatoms. The molecule has 2 rings (SSSR count). The van der Waals surface area contributed by atoms with Crippen molar-refractivity contribution in [2.24, 2.45) is 5.73 Å². The summed E-state index contributed by atoms with van der Waals surface area (Å²) in [5.41, 5.74) is 7.94. The van der Waals surface area contributed by atoms with E-state index in [1.54, 1.807) is 6.20 Å². The number of hydrogen-bond donors (Lipinski definition) is 2. The number of nitrogens with one attached hydrogen (secondary N) is 1. The Balaban J connectivity index is 1.97. The lowest BCUT2D eigenvalue weighted by Crippen LogP contribution is -2.33. The highest BCUT2D eigenvalue weighted by atomic mass is 32.1. The van der Waals surface area contributed by atoms with Crippen molar-refractivity contribution in [2.45, 2.75) is 25.9 Å². The van der Waals surface area contributed by atoms with Gasteiger partial charge < -0.3 is 11.1 Å². The fraction of sp³-hybridized carbons (Fsp3) is 0.286. The monoisotopic (exact) mass is 275 g/mol. The number of amides is 1. The Morgan fingerprint density at radius 3 is 3.00 bits per heavy atom. The van der Waals surface area contributed by atoms with Gasteiger partial charge in [-0.15, -0.1) is 11.3 Å². The van der Waals surface area contributed by atoms with Crippen molar-refractivity contribution in [2.75, 3.05) is 0 Å². The Morgan fingerprint density at radius 1 is 1.47 bits per heavy atom. The van der Waals surface area contributed by atoms with E-state index in [-0.39, 0.29) is 5.91 Å². The number of pyridine rings is 1. The summed E-state index contributed by atoms with van der Waals surface area (Å²) in [5, 5.41) is 4.76. The van der Waals surface area contributed by atoms with Gasteiger partial charge in [-0.05, 0) is 29.5 Å². The van der Waals surface area contributed by atoms with Crippen LogP contribution in [0.15, 0.2) is 35.8 Å². The molecule has 2 aromatic rings. The van der Waals surface area contributed by atoms with Crippen LogP contribution in [0.2, 0.25) is 0 Å². The molecule has 1 unspecified atom stereocenters. The second-order valence-electron chi connectivity index (χ2n) is 4.17. The van der Waals surface area contributed by atoms with E-state index >= 15 is 0 Å². The zero-order valence-electron chi connectivity index (χ0n) is 10.8. The molecule has 0 aliphatic heterocycles. The van der Waals surface area contributed by atoms with Crippen molar-refractivity contribution < 1.29 is 4.79 Å². The van der Waals surface area contributed by atoms with Gasteiger partial charge in [-0.3, -0.25) is 9.78 Å². The summed E-state index contributed by atoms with van der Waals surface area (Å²) in [7, 11) is 0. The van der Waals surface area contributed by atoms with E-state index in [4.69, 9.17) is 5.73 Å². The second kappa shape index (κ2) is 6.45. The van der Waals surface area contributed by atoms with Gasteiger partial charge in [0, 0.05) is 11.1 Å². The molecule has 3 N–H and O–H groups in total. The summed E-state index contributed by atoms with van der Waals surface area (Å²) < 4.78 is 0. The molecule has 0 aromatic carbocycles. The van der Waals surface area contributed by atoms with E-state index < -0.39 is 6.04 Å². The maximum Gasteiger partial charge on any atom is 0.242 e. The van der Waals surface area contributed by atoms with Crippen LogP contribution in [0.25, 0.3) is 0 Å². The van der Waals surface area contributed by atoms with Gasteiger partial charge in [-0.2, -0.15) is 0 Å². The third-order valence-electron chi connectivity index (χ3n) is 2.93. The van der Waals surface area contributed by atoms with Gasteiger partial charge in [-0.25, -0.2) is 0 Å². The number of carbonyl (C=O) groups is 1. The largest absolute Gasteiger partial charge is 0.349 e. The summed E-state index contributed by atoms with van der Waals surface area (Å²) in [6.45, 7) is 2.49. The zero-order valence-corrected chi connectivity index (χ0v) is 11.6. The van der Waals surface area contributed by atoms with Gasteiger partial charge in [0.05, 0.1) is 12.2 Å². The summed E-state index contributed by atoms with van der Waals surface area (Å²) in [6.07, 6.45) is 2.63. The first-order valence-electron chi connectivity index (χ1n) is 6.21. The van der Waals surface area contributed by atoms with Gasteiger partial charge in [0.2, 0.25) is 5.91 Å². The van der Waals surface area contributed by atoms with Gasteiger partial charge in [-0.1, -0.05) is 19.1 Å². The third kappa shape index (κ3) is 3.39. The average Bonchev–Trinajstić information content (AvgIpc) is 2.98. The summed E-state index contributed by atoms with van der Waals surface area (Å²) in [6, 6.07) is 7.08. The minimum absolute atomic E-state index is 0.171. The topological polar surface area (TPSA) is 68.0 Å². The number of aryl methyl sites for hydroxylation is 1. The first-order chi connectivity index (χ1) is 9.22. The lowest BCUT2D eigenvalue weighted by molar-refractivity contribution is -0.122. The minimum Gasteiger partial charge on any atom is -0.349 e. The average molecular weight is 275 g/mol. The van der Waals surface area contributed by atoms with Crippen molar-refractivity contribution in [3.63, 3.8) is 0 Å². The van der Waals surface area contributed by atoms with Crippen molar-refractivity contribution >= 4 is 17.2 Å². The van der Waals surface area contributed by atoms with E-state index in [2.05, 4.69) is 17.2 Å². The maximum absolute atomic E-state index is 12.0. The van der Waals surface area contributed by atoms with E-state index in [0.717, 1.165) is 22.6 Å². The molecule has 0 fully saturated rings. The minimum atomic E-state index is -0.603. The number of nitrogens with two attached hydrogens (primary N) is 1. The highest BCUT2D eigenvalue weighted by molar-refractivity contribution is 7.10. The summed E-state index contributed by atoms with van der Waals surface area (Å²) in [5.74, 6) is -0.171. The quantitative estimate of drug-likeness (QED) is 0.877. The van der Waals surface area contributed by atoms with Crippen LogP contribution in [-0.4, -0.2) is 10.9 Å². The third-order valence-corrected chi connectivity index (χ3v) is 3.88. The number of carbonyl (C=O) groups excluding carboxylic acids is 1. The summed E-state index contributed by atoms with van der Waals surface area (Å²) in [4.78, 5) is 17.1. The SMILES string of the molecule is CCc1cccnc1CNC(=O)C(N)c1cccs1. The molecule has 0 saturated carbocycles. The fourth-order valence-corrected chi connectivity index (χ4v) is 2.56. The van der Waals surface area contributed by atoms with Gasteiger partial charge in [0.15, 0.2) is 0 Å². The number of nitrogens with zero attached hydrogens (tertiary/aromatic N) is 1. The highest BCUT2D eigenvalue weighted by Gasteiger charge is 2.16. The lowest BCUT2D eigenvalue weighted by Gasteiger charge is -2.12. The molecule has 19 heavy (non-hydrogen) atoms. The lowest BCUT2D eigenvalue weighted by atomic mass is 10.1.